The van der Waals surface area contributed by atoms with Gasteiger partial charge in [0.2, 0.25) is 0 Å². The van der Waals surface area contributed by atoms with Crippen molar-refractivity contribution in [1.82, 2.24) is 5.32 Å². The van der Waals surface area contributed by atoms with Crippen LogP contribution in [0.15, 0.2) is 12.2 Å². The van der Waals surface area contributed by atoms with Gasteiger partial charge in [0.05, 0.1) is 5.54 Å². The zero-order valence-electron chi connectivity index (χ0n) is 10.4. The third-order valence-corrected chi connectivity index (χ3v) is 4.19. The minimum atomic E-state index is -0.641. The van der Waals surface area contributed by atoms with Crippen LogP contribution >= 0.6 is 0 Å². The van der Waals surface area contributed by atoms with Crippen LogP contribution in [0.3, 0.4) is 0 Å². The van der Waals surface area contributed by atoms with E-state index in [2.05, 4.69) is 18.3 Å². The number of nitrogens with one attached hydrogen (secondary N) is 1. The van der Waals surface area contributed by atoms with Crippen LogP contribution in [0.1, 0.15) is 29.2 Å². The van der Waals surface area contributed by atoms with Crippen LogP contribution < -0.4 is 22.5 Å². The first-order chi connectivity index (χ1) is 7.80. The fourth-order valence-corrected chi connectivity index (χ4v) is 3.25. The first kappa shape index (κ1) is 10.6. The number of rotatable bonds is 0. The summed E-state index contributed by atoms with van der Waals surface area (Å²) >= 11 is 0. The molecule has 0 fully saturated rings. The molecule has 2 aliphatic rings. The minimum Gasteiger partial charge on any atom is -0.398 e. The Labute approximate surface area is 101 Å². The standard InChI is InChI=1S/C13H18N4/c1-6-8-9(11(15)7(2)10(6)14)13(16)5-4-12(8,3)17-13/h4-5,17H,14-16H2,1-3H3. The van der Waals surface area contributed by atoms with Crippen molar-refractivity contribution in [2.45, 2.75) is 32.0 Å². The molecular weight excluding hydrogens is 212 g/mol. The van der Waals surface area contributed by atoms with E-state index in [1.54, 1.807) is 0 Å². The van der Waals surface area contributed by atoms with E-state index in [4.69, 9.17) is 17.2 Å². The molecule has 0 saturated carbocycles. The normalized spacial score (nSPS) is 33.2. The van der Waals surface area contributed by atoms with E-state index in [0.29, 0.717) is 5.69 Å². The molecule has 7 N–H and O–H groups in total. The summed E-state index contributed by atoms with van der Waals surface area (Å²) in [5.74, 6) is 0. The van der Waals surface area contributed by atoms with Gasteiger partial charge in [-0.05, 0) is 43.5 Å². The molecule has 2 aliphatic heterocycles. The lowest BCUT2D eigenvalue weighted by Gasteiger charge is -2.26. The van der Waals surface area contributed by atoms with Crippen LogP contribution in [0, 0.1) is 13.8 Å². The van der Waals surface area contributed by atoms with Crippen LogP contribution in [0.2, 0.25) is 0 Å². The molecule has 2 bridgehead atoms. The summed E-state index contributed by atoms with van der Waals surface area (Å²) in [6.07, 6.45) is 4.08. The monoisotopic (exact) mass is 230 g/mol. The fraction of sp³-hybridized carbons (Fsp3) is 0.385. The van der Waals surface area contributed by atoms with Crippen LogP contribution in [-0.2, 0) is 11.2 Å². The highest BCUT2D eigenvalue weighted by atomic mass is 15.2. The molecule has 1 aromatic carbocycles. The van der Waals surface area contributed by atoms with E-state index < -0.39 is 5.66 Å². The Morgan fingerprint density at radius 2 is 1.65 bits per heavy atom. The summed E-state index contributed by atoms with van der Waals surface area (Å²) < 4.78 is 0. The quantitative estimate of drug-likeness (QED) is 0.395. The summed E-state index contributed by atoms with van der Waals surface area (Å²) in [6, 6.07) is 0. The van der Waals surface area contributed by atoms with Gasteiger partial charge in [0, 0.05) is 16.9 Å². The number of hydrogen-bond acceptors (Lipinski definition) is 4. The highest BCUT2D eigenvalue weighted by Gasteiger charge is 2.51. The first-order valence-corrected chi connectivity index (χ1v) is 5.78. The van der Waals surface area contributed by atoms with Gasteiger partial charge in [-0.25, -0.2) is 0 Å². The highest BCUT2D eigenvalue weighted by molar-refractivity contribution is 5.77. The molecule has 2 unspecified atom stereocenters. The average molecular weight is 230 g/mol. The lowest BCUT2D eigenvalue weighted by molar-refractivity contribution is 0.405. The second kappa shape index (κ2) is 2.66. The van der Waals surface area contributed by atoms with Crippen molar-refractivity contribution in [1.29, 1.82) is 0 Å². The van der Waals surface area contributed by atoms with E-state index in [1.165, 1.54) is 0 Å². The summed E-state index contributed by atoms with van der Waals surface area (Å²) in [7, 11) is 0. The maximum Gasteiger partial charge on any atom is 0.115 e. The van der Waals surface area contributed by atoms with Crippen molar-refractivity contribution in [3.8, 4) is 0 Å². The van der Waals surface area contributed by atoms with Gasteiger partial charge in [-0.1, -0.05) is 6.08 Å². The zero-order valence-corrected chi connectivity index (χ0v) is 10.4. The Morgan fingerprint density at radius 1 is 1.00 bits per heavy atom. The van der Waals surface area contributed by atoms with Gasteiger partial charge in [0.25, 0.3) is 0 Å². The molecule has 4 heteroatoms. The van der Waals surface area contributed by atoms with Crippen molar-refractivity contribution in [2.24, 2.45) is 5.73 Å². The molecule has 2 atom stereocenters. The van der Waals surface area contributed by atoms with E-state index in [-0.39, 0.29) is 5.54 Å². The second-order valence-electron chi connectivity index (χ2n) is 5.36. The molecule has 90 valence electrons. The lowest BCUT2D eigenvalue weighted by Crippen LogP contribution is -2.45. The van der Waals surface area contributed by atoms with Gasteiger partial charge in [-0.2, -0.15) is 0 Å². The topological polar surface area (TPSA) is 90.1 Å². The van der Waals surface area contributed by atoms with Crippen LogP contribution in [0.5, 0.6) is 0 Å². The van der Waals surface area contributed by atoms with Crippen molar-refractivity contribution >= 4 is 11.4 Å². The van der Waals surface area contributed by atoms with Gasteiger partial charge in [0.15, 0.2) is 0 Å². The third kappa shape index (κ3) is 1.00. The number of hydrogen-bond donors (Lipinski definition) is 4. The molecule has 0 spiro atoms. The minimum absolute atomic E-state index is 0.246. The Kier molecular flexibility index (Phi) is 1.66. The first-order valence-electron chi connectivity index (χ1n) is 5.78. The number of nitrogens with two attached hydrogens (primary N) is 3. The molecule has 0 radical (unpaired) electrons. The number of anilines is 2. The molecule has 4 nitrogen and oxygen atoms in total. The van der Waals surface area contributed by atoms with E-state index in [0.717, 1.165) is 27.9 Å². The highest BCUT2D eigenvalue weighted by Crippen LogP contribution is 2.51. The number of benzene rings is 1. The average Bonchev–Trinajstić information content (AvgIpc) is 2.69. The molecule has 0 saturated heterocycles. The molecule has 3 rings (SSSR count). The Hall–Kier alpha value is -1.52. The molecule has 2 heterocycles. The third-order valence-electron chi connectivity index (χ3n) is 4.19. The Balaban J connectivity index is 2.47. The van der Waals surface area contributed by atoms with Crippen molar-refractivity contribution in [2.75, 3.05) is 11.5 Å². The van der Waals surface area contributed by atoms with E-state index >= 15 is 0 Å². The molecule has 17 heavy (non-hydrogen) atoms. The predicted octanol–water partition coefficient (Wildman–Crippen LogP) is 0.968. The number of nitrogen functional groups attached to an aromatic ring is 2. The van der Waals surface area contributed by atoms with E-state index in [1.807, 2.05) is 19.9 Å². The van der Waals surface area contributed by atoms with Crippen molar-refractivity contribution in [3.63, 3.8) is 0 Å². The Morgan fingerprint density at radius 3 is 2.29 bits per heavy atom. The van der Waals surface area contributed by atoms with Gasteiger partial charge in [-0.15, -0.1) is 0 Å². The Bertz CT molecular complexity index is 527. The van der Waals surface area contributed by atoms with Gasteiger partial charge >= 0.3 is 0 Å². The molecule has 0 aliphatic carbocycles. The van der Waals surface area contributed by atoms with E-state index in [9.17, 15) is 0 Å². The van der Waals surface area contributed by atoms with Crippen LogP contribution in [0.25, 0.3) is 0 Å². The van der Waals surface area contributed by atoms with Crippen LogP contribution in [-0.4, -0.2) is 0 Å². The largest absolute Gasteiger partial charge is 0.398 e. The van der Waals surface area contributed by atoms with Gasteiger partial charge in [-0.3, -0.25) is 5.32 Å². The maximum absolute atomic E-state index is 6.37. The van der Waals surface area contributed by atoms with Gasteiger partial charge in [0.1, 0.15) is 5.66 Å². The van der Waals surface area contributed by atoms with Crippen molar-refractivity contribution < 1.29 is 0 Å². The summed E-state index contributed by atoms with van der Waals surface area (Å²) in [4.78, 5) is 0. The lowest BCUT2D eigenvalue weighted by atomic mass is 9.80. The fourth-order valence-electron chi connectivity index (χ4n) is 3.25. The second-order valence-corrected chi connectivity index (χ2v) is 5.36. The smallest absolute Gasteiger partial charge is 0.115 e. The van der Waals surface area contributed by atoms with Gasteiger partial charge < -0.3 is 17.2 Å². The maximum atomic E-state index is 6.37. The summed E-state index contributed by atoms with van der Waals surface area (Å²) in [5, 5.41) is 3.41. The number of fused-ring (bicyclic) bond motifs is 5. The molecule has 0 aromatic heterocycles. The van der Waals surface area contributed by atoms with Crippen LogP contribution in [0.4, 0.5) is 11.4 Å². The predicted molar refractivity (Wildman–Crippen MR) is 70.2 cm³/mol. The summed E-state index contributed by atoms with van der Waals surface area (Å²) in [6.45, 7) is 6.08. The molecule has 0 amide bonds. The SMILES string of the molecule is Cc1c(N)c(C)c2c(c1N)C1(N)C=CC2(C)N1. The zero-order chi connectivity index (χ0) is 12.6. The molecule has 1 aromatic rings. The molecular formula is C13H18N4. The van der Waals surface area contributed by atoms with Crippen molar-refractivity contribution in [3.05, 3.63) is 34.4 Å². The summed E-state index contributed by atoms with van der Waals surface area (Å²) in [5.41, 5.74) is 23.4.